The van der Waals surface area contributed by atoms with Crippen molar-refractivity contribution in [2.75, 3.05) is 0 Å². The predicted octanol–water partition coefficient (Wildman–Crippen LogP) is 1.91. The second-order valence-corrected chi connectivity index (χ2v) is 4.83. The molecule has 2 aliphatic rings. The summed E-state index contributed by atoms with van der Waals surface area (Å²) in [5.74, 6) is 0.845. The third-order valence-corrected chi connectivity index (χ3v) is 3.84. The van der Waals surface area contributed by atoms with Gasteiger partial charge < -0.3 is 5.11 Å². The lowest BCUT2D eigenvalue weighted by molar-refractivity contribution is -0.142. The van der Waals surface area contributed by atoms with Gasteiger partial charge in [0.1, 0.15) is 5.78 Å². The molecule has 2 rings (SSSR count). The largest absolute Gasteiger partial charge is 0.389 e. The number of aliphatic hydroxyl groups is 1. The Kier molecular flexibility index (Phi) is 2.18. The van der Waals surface area contributed by atoms with Crippen LogP contribution in [0.4, 0.5) is 0 Å². The maximum absolute atomic E-state index is 11.5. The Morgan fingerprint density at radius 2 is 2.23 bits per heavy atom. The number of fused-ring (bicyclic) bond motifs is 1. The van der Waals surface area contributed by atoms with E-state index in [0.717, 1.165) is 25.7 Å². The lowest BCUT2D eigenvalue weighted by Crippen LogP contribution is -2.48. The van der Waals surface area contributed by atoms with E-state index in [-0.39, 0.29) is 11.7 Å². The van der Waals surface area contributed by atoms with Crippen molar-refractivity contribution in [1.82, 2.24) is 0 Å². The Balaban J connectivity index is 2.15. The lowest BCUT2D eigenvalue weighted by Gasteiger charge is -2.44. The van der Waals surface area contributed by atoms with Gasteiger partial charge in [-0.2, -0.15) is 0 Å². The predicted molar refractivity (Wildman–Crippen MR) is 50.3 cm³/mol. The van der Waals surface area contributed by atoms with E-state index >= 15 is 0 Å². The number of hydrogen-bond donors (Lipinski definition) is 1. The second-order valence-electron chi connectivity index (χ2n) is 4.83. The molecule has 13 heavy (non-hydrogen) atoms. The number of ketones is 1. The highest BCUT2D eigenvalue weighted by atomic mass is 16.3. The van der Waals surface area contributed by atoms with Gasteiger partial charge in [-0.05, 0) is 25.2 Å². The summed E-state index contributed by atoms with van der Waals surface area (Å²) in [5.41, 5.74) is -0.623. The van der Waals surface area contributed by atoms with Crippen LogP contribution >= 0.6 is 0 Å². The molecule has 0 heterocycles. The fraction of sp³-hybridized carbons (Fsp3) is 0.909. The first-order valence-electron chi connectivity index (χ1n) is 5.37. The summed E-state index contributed by atoms with van der Waals surface area (Å²) in [4.78, 5) is 11.5. The molecule has 2 saturated carbocycles. The molecule has 0 radical (unpaired) electrons. The van der Waals surface area contributed by atoms with Gasteiger partial charge in [0.2, 0.25) is 0 Å². The van der Waals surface area contributed by atoms with Crippen LogP contribution in [-0.4, -0.2) is 16.5 Å². The highest BCUT2D eigenvalue weighted by Crippen LogP contribution is 2.44. The van der Waals surface area contributed by atoms with Crippen molar-refractivity contribution in [2.24, 2.45) is 11.8 Å². The molecule has 74 valence electrons. The van der Waals surface area contributed by atoms with Crippen molar-refractivity contribution in [3.05, 3.63) is 0 Å². The van der Waals surface area contributed by atoms with E-state index in [4.69, 9.17) is 0 Å². The summed E-state index contributed by atoms with van der Waals surface area (Å²) in [5, 5.41) is 10.3. The number of carbonyl (C=O) groups excluding carboxylic acids is 1. The van der Waals surface area contributed by atoms with Crippen LogP contribution in [0.2, 0.25) is 0 Å². The molecule has 0 aromatic carbocycles. The van der Waals surface area contributed by atoms with Crippen molar-refractivity contribution in [1.29, 1.82) is 0 Å². The molecular formula is C11H18O2. The number of rotatable bonds is 0. The van der Waals surface area contributed by atoms with E-state index in [1.807, 2.05) is 6.92 Å². The Labute approximate surface area is 79.3 Å². The van der Waals surface area contributed by atoms with Crippen molar-refractivity contribution >= 4 is 5.78 Å². The van der Waals surface area contributed by atoms with Gasteiger partial charge in [0, 0.05) is 12.3 Å². The Hall–Kier alpha value is -0.370. The molecule has 2 fully saturated rings. The summed E-state index contributed by atoms with van der Waals surface area (Å²) in [6, 6.07) is 0. The molecule has 3 unspecified atom stereocenters. The van der Waals surface area contributed by atoms with Gasteiger partial charge >= 0.3 is 0 Å². The van der Waals surface area contributed by atoms with Gasteiger partial charge in [-0.1, -0.05) is 19.8 Å². The summed E-state index contributed by atoms with van der Waals surface area (Å²) in [7, 11) is 0. The molecule has 0 aliphatic heterocycles. The van der Waals surface area contributed by atoms with E-state index in [1.165, 1.54) is 6.42 Å². The van der Waals surface area contributed by atoms with E-state index in [0.29, 0.717) is 12.3 Å². The minimum Gasteiger partial charge on any atom is -0.389 e. The van der Waals surface area contributed by atoms with Crippen LogP contribution in [0.25, 0.3) is 0 Å². The van der Waals surface area contributed by atoms with Gasteiger partial charge in [-0.3, -0.25) is 4.79 Å². The maximum atomic E-state index is 11.5. The van der Waals surface area contributed by atoms with Crippen molar-refractivity contribution < 1.29 is 9.90 Å². The standard InChI is InChI=1S/C11H18O2/c1-8-6-9-4-2-3-5-11(9,13)7-10(8)12/h8-9,13H,2-7H2,1H3. The van der Waals surface area contributed by atoms with Crippen LogP contribution in [-0.2, 0) is 4.79 Å². The molecule has 1 N–H and O–H groups in total. The third kappa shape index (κ3) is 1.52. The van der Waals surface area contributed by atoms with Crippen LogP contribution in [0.5, 0.6) is 0 Å². The molecule has 0 aromatic heterocycles. The van der Waals surface area contributed by atoms with Crippen molar-refractivity contribution in [3.63, 3.8) is 0 Å². The average Bonchev–Trinajstić information content (AvgIpc) is 2.07. The van der Waals surface area contributed by atoms with E-state index in [2.05, 4.69) is 0 Å². The van der Waals surface area contributed by atoms with Crippen LogP contribution in [0.1, 0.15) is 45.4 Å². The van der Waals surface area contributed by atoms with Gasteiger partial charge in [0.25, 0.3) is 0 Å². The quantitative estimate of drug-likeness (QED) is 0.621. The second kappa shape index (κ2) is 3.09. The summed E-state index contributed by atoms with van der Waals surface area (Å²) in [6.45, 7) is 2.00. The summed E-state index contributed by atoms with van der Waals surface area (Å²) >= 11 is 0. The van der Waals surface area contributed by atoms with Crippen molar-refractivity contribution in [2.45, 2.75) is 51.0 Å². The zero-order valence-electron chi connectivity index (χ0n) is 8.25. The maximum Gasteiger partial charge on any atom is 0.138 e. The molecule has 2 aliphatic carbocycles. The SMILES string of the molecule is CC1CC2CCCCC2(O)CC1=O. The lowest BCUT2D eigenvalue weighted by atomic mass is 9.64. The minimum absolute atomic E-state index is 0.184. The smallest absolute Gasteiger partial charge is 0.138 e. The van der Waals surface area contributed by atoms with E-state index in [1.54, 1.807) is 0 Å². The molecule has 2 nitrogen and oxygen atoms in total. The molecule has 0 aromatic rings. The zero-order valence-corrected chi connectivity index (χ0v) is 8.25. The Bertz CT molecular complexity index is 224. The van der Waals surface area contributed by atoms with Gasteiger partial charge in [-0.15, -0.1) is 0 Å². The van der Waals surface area contributed by atoms with Crippen LogP contribution in [0.15, 0.2) is 0 Å². The topological polar surface area (TPSA) is 37.3 Å². The molecule has 0 amide bonds. The first-order valence-corrected chi connectivity index (χ1v) is 5.37. The van der Waals surface area contributed by atoms with E-state index in [9.17, 15) is 9.90 Å². The molecule has 0 saturated heterocycles. The highest BCUT2D eigenvalue weighted by Gasteiger charge is 2.45. The van der Waals surface area contributed by atoms with Crippen LogP contribution < -0.4 is 0 Å². The van der Waals surface area contributed by atoms with Crippen LogP contribution in [0, 0.1) is 11.8 Å². The van der Waals surface area contributed by atoms with Gasteiger partial charge in [0.05, 0.1) is 5.60 Å². The molecule has 0 bridgehead atoms. The number of carbonyl (C=O) groups is 1. The van der Waals surface area contributed by atoms with E-state index < -0.39 is 5.60 Å². The number of Topliss-reactive ketones (excluding diaryl/α,β-unsaturated/α-hetero) is 1. The monoisotopic (exact) mass is 182 g/mol. The first kappa shape index (κ1) is 9.20. The fourth-order valence-electron chi connectivity index (χ4n) is 2.90. The number of hydrogen-bond acceptors (Lipinski definition) is 2. The third-order valence-electron chi connectivity index (χ3n) is 3.84. The van der Waals surface area contributed by atoms with Crippen LogP contribution in [0.3, 0.4) is 0 Å². The van der Waals surface area contributed by atoms with Gasteiger partial charge in [0.15, 0.2) is 0 Å². The highest BCUT2D eigenvalue weighted by molar-refractivity contribution is 5.82. The normalized spacial score (nSPS) is 45.8. The first-order chi connectivity index (χ1) is 6.12. The summed E-state index contributed by atoms with van der Waals surface area (Å²) in [6.07, 6.45) is 5.61. The molecule has 0 spiro atoms. The molecule has 3 atom stereocenters. The van der Waals surface area contributed by atoms with Crippen molar-refractivity contribution in [3.8, 4) is 0 Å². The summed E-state index contributed by atoms with van der Waals surface area (Å²) < 4.78 is 0. The van der Waals surface area contributed by atoms with Gasteiger partial charge in [-0.25, -0.2) is 0 Å². The average molecular weight is 182 g/mol. The molecule has 2 heteroatoms. The minimum atomic E-state index is -0.623. The Morgan fingerprint density at radius 3 is 3.00 bits per heavy atom. The Morgan fingerprint density at radius 1 is 1.46 bits per heavy atom. The fourth-order valence-corrected chi connectivity index (χ4v) is 2.90. The zero-order chi connectivity index (χ0) is 9.47. The molecular weight excluding hydrogens is 164 g/mol.